The van der Waals surface area contributed by atoms with Gasteiger partial charge < -0.3 is 14.0 Å². The van der Waals surface area contributed by atoms with Crippen LogP contribution in [0.3, 0.4) is 0 Å². The number of benzene rings is 1. The molecule has 0 spiro atoms. The van der Waals surface area contributed by atoms with E-state index in [0.717, 1.165) is 18.4 Å². The summed E-state index contributed by atoms with van der Waals surface area (Å²) in [6.07, 6.45) is 3.69. The third-order valence-corrected chi connectivity index (χ3v) is 3.67. The van der Waals surface area contributed by atoms with Crippen molar-refractivity contribution >= 4 is 16.9 Å². The van der Waals surface area contributed by atoms with Gasteiger partial charge in [0.2, 0.25) is 5.43 Å². The Morgan fingerprint density at radius 2 is 2.14 bits per heavy atom. The first-order valence-corrected chi connectivity index (χ1v) is 7.06. The van der Waals surface area contributed by atoms with E-state index in [1.165, 1.54) is 0 Å². The second-order valence-electron chi connectivity index (χ2n) is 5.09. The molecule has 5 heteroatoms. The first kappa shape index (κ1) is 13.7. The van der Waals surface area contributed by atoms with Gasteiger partial charge in [-0.2, -0.15) is 0 Å². The first-order valence-electron chi connectivity index (χ1n) is 7.06. The quantitative estimate of drug-likeness (QED) is 0.811. The normalized spacial score (nSPS) is 14.2. The Morgan fingerprint density at radius 3 is 2.76 bits per heavy atom. The number of nitrogens with zero attached hydrogens (tertiary/aromatic N) is 1. The van der Waals surface area contributed by atoms with Crippen LogP contribution >= 0.6 is 0 Å². The van der Waals surface area contributed by atoms with Gasteiger partial charge in [-0.1, -0.05) is 6.07 Å². The average Bonchev–Trinajstić information content (AvgIpc) is 3.32. The van der Waals surface area contributed by atoms with Crippen LogP contribution in [0.25, 0.3) is 10.9 Å². The van der Waals surface area contributed by atoms with Gasteiger partial charge in [0, 0.05) is 12.2 Å². The molecule has 0 radical (unpaired) electrons. The van der Waals surface area contributed by atoms with E-state index in [9.17, 15) is 9.59 Å². The van der Waals surface area contributed by atoms with Gasteiger partial charge in [-0.25, -0.2) is 4.79 Å². The molecule has 1 aromatic heterocycles. The zero-order chi connectivity index (χ0) is 15.0. The highest BCUT2D eigenvalue weighted by Gasteiger charge is 2.28. The Kier molecular flexibility index (Phi) is 3.41. The smallest absolute Gasteiger partial charge is 0.343 e. The monoisotopic (exact) mass is 287 g/mol. The molecular weight excluding hydrogens is 270 g/mol. The number of para-hydroxylation sites is 1. The highest BCUT2D eigenvalue weighted by atomic mass is 16.5. The first-order chi connectivity index (χ1) is 10.2. The SMILES string of the molecule is CCOC(=O)c1cn(C2CC2)c2c(OC)cccc2c1=O. The van der Waals surface area contributed by atoms with Crippen molar-refractivity contribution in [3.63, 3.8) is 0 Å². The Hall–Kier alpha value is -2.30. The molecular formula is C16H17NO4. The van der Waals surface area contributed by atoms with Crippen LogP contribution in [0.5, 0.6) is 5.75 Å². The van der Waals surface area contributed by atoms with Crippen molar-refractivity contribution in [1.29, 1.82) is 0 Å². The zero-order valence-corrected chi connectivity index (χ0v) is 12.1. The summed E-state index contributed by atoms with van der Waals surface area (Å²) in [5, 5.41) is 0.492. The van der Waals surface area contributed by atoms with Gasteiger partial charge in [0.05, 0.1) is 24.6 Å². The van der Waals surface area contributed by atoms with Crippen molar-refractivity contribution in [1.82, 2.24) is 4.57 Å². The minimum Gasteiger partial charge on any atom is -0.495 e. The number of fused-ring (bicyclic) bond motifs is 1. The second-order valence-corrected chi connectivity index (χ2v) is 5.09. The van der Waals surface area contributed by atoms with E-state index in [4.69, 9.17) is 9.47 Å². The van der Waals surface area contributed by atoms with E-state index in [1.807, 2.05) is 10.6 Å². The number of esters is 1. The Morgan fingerprint density at radius 1 is 1.38 bits per heavy atom. The van der Waals surface area contributed by atoms with Crippen LogP contribution in [0, 0.1) is 0 Å². The van der Waals surface area contributed by atoms with Crippen LogP contribution in [0.4, 0.5) is 0 Å². The van der Waals surface area contributed by atoms with Crippen molar-refractivity contribution in [2.45, 2.75) is 25.8 Å². The lowest BCUT2D eigenvalue weighted by Gasteiger charge is -2.14. The van der Waals surface area contributed by atoms with Gasteiger partial charge in [-0.05, 0) is 31.9 Å². The summed E-state index contributed by atoms with van der Waals surface area (Å²) in [4.78, 5) is 24.5. The van der Waals surface area contributed by atoms with Crippen LogP contribution < -0.4 is 10.2 Å². The molecule has 2 aromatic rings. The maximum absolute atomic E-state index is 12.5. The lowest BCUT2D eigenvalue weighted by Crippen LogP contribution is -2.21. The third kappa shape index (κ3) is 2.28. The average molecular weight is 287 g/mol. The van der Waals surface area contributed by atoms with Gasteiger partial charge in [-0.3, -0.25) is 4.79 Å². The number of pyridine rings is 1. The molecule has 1 heterocycles. The molecule has 110 valence electrons. The van der Waals surface area contributed by atoms with Gasteiger partial charge in [0.25, 0.3) is 0 Å². The molecule has 0 amide bonds. The molecule has 0 unspecified atom stereocenters. The minimum absolute atomic E-state index is 0.0875. The maximum atomic E-state index is 12.5. The molecule has 0 atom stereocenters. The summed E-state index contributed by atoms with van der Waals surface area (Å²) < 4.78 is 12.3. The molecule has 3 rings (SSSR count). The molecule has 0 aliphatic heterocycles. The Bertz CT molecular complexity index is 759. The predicted octanol–water partition coefficient (Wildman–Crippen LogP) is 2.52. The van der Waals surface area contributed by atoms with Crippen LogP contribution in [0.1, 0.15) is 36.2 Å². The number of aromatic nitrogens is 1. The van der Waals surface area contributed by atoms with Crippen LogP contribution in [-0.4, -0.2) is 24.3 Å². The molecule has 1 saturated carbocycles. The predicted molar refractivity (Wildman–Crippen MR) is 79.0 cm³/mol. The van der Waals surface area contributed by atoms with Crippen molar-refractivity contribution in [3.8, 4) is 5.75 Å². The van der Waals surface area contributed by atoms with E-state index < -0.39 is 5.97 Å². The standard InChI is InChI=1S/C16H17NO4/c1-3-21-16(19)12-9-17(10-7-8-10)14-11(15(12)18)5-4-6-13(14)20-2/h4-6,9-10H,3,7-8H2,1-2H3. The second kappa shape index (κ2) is 5.24. The maximum Gasteiger partial charge on any atom is 0.343 e. The zero-order valence-electron chi connectivity index (χ0n) is 12.1. The molecule has 1 fully saturated rings. The molecule has 1 aromatic carbocycles. The number of methoxy groups -OCH3 is 1. The van der Waals surface area contributed by atoms with E-state index in [-0.39, 0.29) is 17.6 Å². The van der Waals surface area contributed by atoms with Gasteiger partial charge in [0.1, 0.15) is 11.3 Å². The fraction of sp³-hybridized carbons (Fsp3) is 0.375. The van der Waals surface area contributed by atoms with Crippen molar-refractivity contribution in [3.05, 3.63) is 40.2 Å². The van der Waals surface area contributed by atoms with Crippen LogP contribution in [0.15, 0.2) is 29.2 Å². The topological polar surface area (TPSA) is 57.5 Å². The summed E-state index contributed by atoms with van der Waals surface area (Å²) in [5.41, 5.74) is 0.532. The molecule has 0 N–H and O–H groups in total. The van der Waals surface area contributed by atoms with E-state index in [0.29, 0.717) is 17.2 Å². The number of carbonyl (C=O) groups is 1. The van der Waals surface area contributed by atoms with Gasteiger partial charge in [0.15, 0.2) is 0 Å². The molecule has 5 nitrogen and oxygen atoms in total. The summed E-state index contributed by atoms with van der Waals surface area (Å²) in [5.74, 6) is 0.0773. The molecule has 0 saturated heterocycles. The number of rotatable bonds is 4. The van der Waals surface area contributed by atoms with Crippen LogP contribution in [0.2, 0.25) is 0 Å². The van der Waals surface area contributed by atoms with Gasteiger partial charge in [-0.15, -0.1) is 0 Å². The van der Waals surface area contributed by atoms with E-state index >= 15 is 0 Å². The minimum atomic E-state index is -0.568. The Balaban J connectivity index is 2.31. The largest absolute Gasteiger partial charge is 0.495 e. The van der Waals surface area contributed by atoms with Crippen molar-refractivity contribution in [2.24, 2.45) is 0 Å². The lowest BCUT2D eigenvalue weighted by molar-refractivity contribution is 0.0524. The lowest BCUT2D eigenvalue weighted by atomic mass is 10.1. The van der Waals surface area contributed by atoms with Crippen LogP contribution in [-0.2, 0) is 4.74 Å². The number of ether oxygens (including phenoxy) is 2. The van der Waals surface area contributed by atoms with E-state index in [2.05, 4.69) is 0 Å². The number of hydrogen-bond acceptors (Lipinski definition) is 4. The Labute approximate surface area is 122 Å². The summed E-state index contributed by atoms with van der Waals surface area (Å²) in [6.45, 7) is 1.97. The third-order valence-electron chi connectivity index (χ3n) is 3.67. The molecule has 21 heavy (non-hydrogen) atoms. The molecule has 1 aliphatic carbocycles. The summed E-state index contributed by atoms with van der Waals surface area (Å²) >= 11 is 0. The van der Waals surface area contributed by atoms with Crippen molar-refractivity contribution in [2.75, 3.05) is 13.7 Å². The number of carbonyl (C=O) groups excluding carboxylic acids is 1. The molecule has 0 bridgehead atoms. The van der Waals surface area contributed by atoms with E-state index in [1.54, 1.807) is 32.4 Å². The number of hydrogen-bond donors (Lipinski definition) is 0. The van der Waals surface area contributed by atoms with Gasteiger partial charge >= 0.3 is 5.97 Å². The molecule has 1 aliphatic rings. The summed E-state index contributed by atoms with van der Waals surface area (Å²) in [6, 6.07) is 5.62. The highest BCUT2D eigenvalue weighted by Crippen LogP contribution is 2.39. The highest BCUT2D eigenvalue weighted by molar-refractivity contribution is 5.95. The fourth-order valence-electron chi connectivity index (χ4n) is 2.54. The fourth-order valence-corrected chi connectivity index (χ4v) is 2.54. The summed E-state index contributed by atoms with van der Waals surface area (Å²) in [7, 11) is 1.58. The van der Waals surface area contributed by atoms with Crippen molar-refractivity contribution < 1.29 is 14.3 Å².